The molecule has 6 nitrogen and oxygen atoms in total. The summed E-state index contributed by atoms with van der Waals surface area (Å²) in [4.78, 5) is 5.04. The Morgan fingerprint density at radius 1 is 1.12 bits per heavy atom. The lowest BCUT2D eigenvalue weighted by Gasteiger charge is -2.19. The van der Waals surface area contributed by atoms with Crippen LogP contribution in [0.4, 0.5) is 8.78 Å². The normalized spacial score (nSPS) is 19.5. The molecule has 0 saturated heterocycles. The van der Waals surface area contributed by atoms with Crippen LogP contribution in [0.2, 0.25) is 0 Å². The predicted molar refractivity (Wildman–Crippen MR) is 124 cm³/mol. The molecule has 33 heavy (non-hydrogen) atoms. The molecule has 0 saturated carbocycles. The number of nitrogens with zero attached hydrogens (tertiary/aromatic N) is 2. The highest BCUT2D eigenvalue weighted by Gasteiger charge is 2.35. The molecule has 3 atom stereocenters. The van der Waals surface area contributed by atoms with Gasteiger partial charge in [0, 0.05) is 16.9 Å². The zero-order valence-electron chi connectivity index (χ0n) is 17.4. The summed E-state index contributed by atoms with van der Waals surface area (Å²) in [5.41, 5.74) is 3.75. The van der Waals surface area contributed by atoms with Gasteiger partial charge in [0.1, 0.15) is 17.7 Å². The number of hydrogen-bond acceptors (Lipinski definition) is 4. The Labute approximate surface area is 189 Å². The van der Waals surface area contributed by atoms with E-state index in [1.807, 2.05) is 34.9 Å². The fourth-order valence-corrected chi connectivity index (χ4v) is 4.98. The van der Waals surface area contributed by atoms with E-state index < -0.39 is 28.5 Å². The van der Waals surface area contributed by atoms with Crippen molar-refractivity contribution >= 4 is 26.6 Å². The molecule has 4 aromatic rings. The van der Waals surface area contributed by atoms with Crippen molar-refractivity contribution in [3.8, 4) is 16.9 Å². The van der Waals surface area contributed by atoms with E-state index in [0.29, 0.717) is 28.2 Å². The van der Waals surface area contributed by atoms with Crippen molar-refractivity contribution in [3.63, 3.8) is 0 Å². The fourth-order valence-electron chi connectivity index (χ4n) is 4.38. The molecule has 3 aromatic carbocycles. The summed E-state index contributed by atoms with van der Waals surface area (Å²) in [7, 11) is -2.80. The molecule has 1 aliphatic rings. The van der Waals surface area contributed by atoms with Gasteiger partial charge in [-0.2, -0.15) is 8.78 Å². The smallest absolute Gasteiger partial charge is 0.387 e. The maximum absolute atomic E-state index is 13.0. The summed E-state index contributed by atoms with van der Waals surface area (Å²) in [6, 6.07) is 18.9. The van der Waals surface area contributed by atoms with Crippen LogP contribution in [0.15, 0.2) is 71.6 Å². The third-order valence-electron chi connectivity index (χ3n) is 5.85. The van der Waals surface area contributed by atoms with E-state index in [2.05, 4.69) is 10.9 Å². The number of halogens is 2. The van der Waals surface area contributed by atoms with Crippen LogP contribution in [0.1, 0.15) is 30.0 Å². The van der Waals surface area contributed by atoms with Crippen molar-refractivity contribution in [2.24, 2.45) is 5.14 Å². The molecule has 0 radical (unpaired) electrons. The van der Waals surface area contributed by atoms with E-state index in [-0.39, 0.29) is 5.75 Å². The number of hydrogen-bond donors (Lipinski definition) is 2. The average molecular weight is 470 g/mol. The Balaban J connectivity index is 1.62. The third kappa shape index (κ3) is 3.88. The quantitative estimate of drug-likeness (QED) is 0.427. The van der Waals surface area contributed by atoms with Crippen LogP contribution in [-0.2, 0) is 9.71 Å². The number of para-hydroxylation sites is 1. The minimum Gasteiger partial charge on any atom is -0.434 e. The number of nitrogens with two attached hydrogens (primary N) is 1. The van der Waals surface area contributed by atoms with E-state index in [1.54, 1.807) is 30.3 Å². The van der Waals surface area contributed by atoms with Crippen molar-refractivity contribution < 1.29 is 22.8 Å². The number of fused-ring (bicyclic) bond motifs is 3. The Kier molecular flexibility index (Phi) is 5.19. The van der Waals surface area contributed by atoms with E-state index in [9.17, 15) is 18.1 Å². The van der Waals surface area contributed by atoms with Crippen LogP contribution in [0.25, 0.3) is 22.2 Å². The molecule has 0 fully saturated rings. The summed E-state index contributed by atoms with van der Waals surface area (Å²) in [5.74, 6) is 4.05. The predicted octanol–water partition coefficient (Wildman–Crippen LogP) is 4.28. The number of aliphatic hydroxyl groups is 1. The molecular formula is C24H21F2N3O3S. The topological polar surface area (TPSA) is 90.4 Å². The van der Waals surface area contributed by atoms with Gasteiger partial charge in [0.05, 0.1) is 26.8 Å². The summed E-state index contributed by atoms with van der Waals surface area (Å²) in [6.45, 7) is -2.95. The van der Waals surface area contributed by atoms with Crippen molar-refractivity contribution in [2.75, 3.05) is 0 Å². The standard InChI is InChI=1S/C24H21F2N3O3S/c1-33(27,31)16-9-6-14(7-10-16)15-8-11-18-20(12-15)29-19(13-21(30)23(29)28-18)17-4-2-3-5-22(17)32-24(25)26/h2-12,19,21,24,30H,1,13H2,(H2,27,31). The van der Waals surface area contributed by atoms with Crippen molar-refractivity contribution in [2.45, 2.75) is 30.1 Å². The monoisotopic (exact) mass is 469 g/mol. The van der Waals surface area contributed by atoms with Crippen LogP contribution >= 0.6 is 0 Å². The van der Waals surface area contributed by atoms with Gasteiger partial charge in [0.15, 0.2) is 0 Å². The largest absolute Gasteiger partial charge is 0.434 e. The lowest BCUT2D eigenvalue weighted by molar-refractivity contribution is -0.0507. The second-order valence-corrected chi connectivity index (χ2v) is 9.90. The Morgan fingerprint density at radius 3 is 2.52 bits per heavy atom. The first-order valence-corrected chi connectivity index (χ1v) is 12.0. The fraction of sp³-hybridized carbons (Fsp3) is 0.167. The van der Waals surface area contributed by atoms with Crippen molar-refractivity contribution in [3.05, 3.63) is 78.1 Å². The minimum absolute atomic E-state index is 0.0738. The number of rotatable bonds is 5. The van der Waals surface area contributed by atoms with Gasteiger partial charge >= 0.3 is 6.61 Å². The third-order valence-corrected chi connectivity index (χ3v) is 6.92. The molecule has 9 heteroatoms. The van der Waals surface area contributed by atoms with E-state index >= 15 is 0 Å². The van der Waals surface area contributed by atoms with Crippen LogP contribution in [0, 0.1) is 0 Å². The molecule has 1 aromatic heterocycles. The zero-order chi connectivity index (χ0) is 23.3. The van der Waals surface area contributed by atoms with Crippen molar-refractivity contribution in [1.82, 2.24) is 9.55 Å². The molecule has 170 valence electrons. The zero-order valence-corrected chi connectivity index (χ0v) is 18.2. The Hall–Kier alpha value is -3.27. The lowest BCUT2D eigenvalue weighted by atomic mass is 10.0. The number of alkyl halides is 2. The number of ether oxygens (including phenoxy) is 1. The molecule has 0 amide bonds. The molecule has 0 bridgehead atoms. The highest BCUT2D eigenvalue weighted by molar-refractivity contribution is 7.98. The molecule has 5 rings (SSSR count). The highest BCUT2D eigenvalue weighted by Crippen LogP contribution is 2.44. The van der Waals surface area contributed by atoms with E-state index in [4.69, 9.17) is 9.88 Å². The maximum Gasteiger partial charge on any atom is 0.387 e. The summed E-state index contributed by atoms with van der Waals surface area (Å²) in [5, 5.41) is 16.3. The minimum atomic E-state index is -2.95. The number of aromatic nitrogens is 2. The first-order chi connectivity index (χ1) is 15.7. The number of aliphatic hydroxyl groups excluding tert-OH is 1. The van der Waals surface area contributed by atoms with Crippen molar-refractivity contribution in [1.29, 1.82) is 0 Å². The summed E-state index contributed by atoms with van der Waals surface area (Å²) in [6.07, 6.45) is -0.533. The first kappa shape index (κ1) is 21.6. The second-order valence-electron chi connectivity index (χ2n) is 7.98. The Morgan fingerprint density at radius 2 is 1.82 bits per heavy atom. The molecule has 1 aliphatic heterocycles. The molecule has 0 spiro atoms. The molecule has 2 heterocycles. The molecule has 3 N–H and O–H groups in total. The van der Waals surface area contributed by atoms with Gasteiger partial charge in [-0.3, -0.25) is 5.14 Å². The van der Waals surface area contributed by atoms with Gasteiger partial charge in [-0.1, -0.05) is 36.4 Å². The SMILES string of the molecule is C=S(N)(=O)c1ccc(-c2ccc3nc4n(c3c2)C(c2ccccc2OC(F)F)CC4O)cc1. The van der Waals surface area contributed by atoms with Gasteiger partial charge in [-0.15, -0.1) is 0 Å². The van der Waals surface area contributed by atoms with Gasteiger partial charge < -0.3 is 14.4 Å². The van der Waals surface area contributed by atoms with Gasteiger partial charge in [0.2, 0.25) is 0 Å². The maximum atomic E-state index is 13.0. The van der Waals surface area contributed by atoms with Crippen LogP contribution in [0.3, 0.4) is 0 Å². The second kappa shape index (κ2) is 7.95. The van der Waals surface area contributed by atoms with Gasteiger partial charge in [0.25, 0.3) is 0 Å². The number of benzene rings is 3. The number of imidazole rings is 1. The Bertz CT molecular complexity index is 1450. The van der Waals surface area contributed by atoms with Gasteiger partial charge in [-0.05, 0) is 47.3 Å². The average Bonchev–Trinajstić information content (AvgIpc) is 3.30. The van der Waals surface area contributed by atoms with E-state index in [1.165, 1.54) is 6.07 Å². The molecule has 3 unspecified atom stereocenters. The first-order valence-electron chi connectivity index (χ1n) is 10.2. The highest BCUT2D eigenvalue weighted by atomic mass is 32.2. The lowest BCUT2D eigenvalue weighted by Crippen LogP contribution is -2.11. The molecular weight excluding hydrogens is 448 g/mol. The molecule has 0 aliphatic carbocycles. The van der Waals surface area contributed by atoms with Gasteiger partial charge in [-0.25, -0.2) is 9.19 Å². The van der Waals surface area contributed by atoms with Crippen LogP contribution in [-0.4, -0.2) is 31.3 Å². The van der Waals surface area contributed by atoms with E-state index in [0.717, 1.165) is 16.6 Å². The summed E-state index contributed by atoms with van der Waals surface area (Å²) < 4.78 is 44.5. The van der Waals surface area contributed by atoms with Crippen LogP contribution in [0.5, 0.6) is 5.75 Å². The summed E-state index contributed by atoms with van der Waals surface area (Å²) >= 11 is 0. The van der Waals surface area contributed by atoms with Crippen LogP contribution < -0.4 is 9.88 Å².